The van der Waals surface area contributed by atoms with E-state index in [9.17, 15) is 9.59 Å². The molecule has 0 saturated carbocycles. The summed E-state index contributed by atoms with van der Waals surface area (Å²) >= 11 is 0. The van der Waals surface area contributed by atoms with Crippen LogP contribution in [-0.4, -0.2) is 24.7 Å². The van der Waals surface area contributed by atoms with Crippen LogP contribution in [0.5, 0.6) is 0 Å². The lowest BCUT2D eigenvalue weighted by Gasteiger charge is -1.97. The zero-order chi connectivity index (χ0) is 11.6. The van der Waals surface area contributed by atoms with Crippen LogP contribution in [0, 0.1) is 0 Å². The van der Waals surface area contributed by atoms with Crippen molar-refractivity contribution in [1.82, 2.24) is 10.9 Å². The van der Waals surface area contributed by atoms with Crippen LogP contribution in [-0.2, 0) is 4.79 Å². The van der Waals surface area contributed by atoms with Crippen molar-refractivity contribution in [3.05, 3.63) is 35.9 Å². The molecule has 0 fully saturated rings. The van der Waals surface area contributed by atoms with Crippen LogP contribution < -0.4 is 10.9 Å². The van der Waals surface area contributed by atoms with Gasteiger partial charge in [0.25, 0.3) is 5.91 Å². The fraction of sp³-hybridized carbons (Fsp3) is 0. The summed E-state index contributed by atoms with van der Waals surface area (Å²) in [7, 11) is 0. The van der Waals surface area contributed by atoms with Crippen LogP contribution in [0.1, 0.15) is 10.4 Å². The monoisotopic (exact) mass is 218 g/mol. The fourth-order valence-corrected chi connectivity index (χ4v) is 0.890. The zero-order valence-electron chi connectivity index (χ0n) is 8.33. The number of benzene rings is 1. The van der Waals surface area contributed by atoms with E-state index in [-0.39, 0.29) is 5.91 Å². The summed E-state index contributed by atoms with van der Waals surface area (Å²) in [5.74, 6) is -0.311. The highest BCUT2D eigenvalue weighted by molar-refractivity contribution is 6.16. The molecule has 2 amide bonds. The number of carbonyl (C=O) groups is 2. The Morgan fingerprint density at radius 3 is 2.50 bits per heavy atom. The minimum Gasteiger partial charge on any atom is -0.277 e. The fourth-order valence-electron chi connectivity index (χ4n) is 0.890. The molecule has 2 N–H and O–H groups in total. The lowest BCUT2D eigenvalue weighted by molar-refractivity contribution is -0.109. The van der Waals surface area contributed by atoms with Crippen molar-refractivity contribution in [2.75, 3.05) is 0 Å². The van der Waals surface area contributed by atoms with Crippen LogP contribution in [0.4, 0.5) is 0 Å². The predicted molar refractivity (Wildman–Crippen MR) is 60.1 cm³/mol. The van der Waals surface area contributed by atoms with Crippen molar-refractivity contribution in [3.8, 4) is 0 Å². The standard InChI is InChI=1S/C10H10N4O2/c15-8-13-11-6-7-12-14-10(16)9-4-2-1-3-5-9/h1-8H,(H,13,15)(H,14,16)/b11-6-,12-7+. The number of amides is 2. The van der Waals surface area contributed by atoms with Crippen molar-refractivity contribution < 1.29 is 9.59 Å². The smallest absolute Gasteiger partial charge is 0.271 e. The Labute approximate surface area is 92.0 Å². The number of hydrogen-bond acceptors (Lipinski definition) is 4. The van der Waals surface area contributed by atoms with E-state index in [1.165, 1.54) is 12.4 Å². The first-order valence-electron chi connectivity index (χ1n) is 4.44. The molecular formula is C10H10N4O2. The van der Waals surface area contributed by atoms with Crippen LogP contribution in [0.25, 0.3) is 0 Å². The van der Waals surface area contributed by atoms with E-state index in [2.05, 4.69) is 21.1 Å². The summed E-state index contributed by atoms with van der Waals surface area (Å²) in [6.07, 6.45) is 2.91. The van der Waals surface area contributed by atoms with Gasteiger partial charge in [0.05, 0.1) is 12.4 Å². The molecule has 1 aromatic carbocycles. The van der Waals surface area contributed by atoms with Gasteiger partial charge in [-0.1, -0.05) is 18.2 Å². The third-order valence-electron chi connectivity index (χ3n) is 1.55. The minimum atomic E-state index is -0.311. The van der Waals surface area contributed by atoms with Crippen molar-refractivity contribution >= 4 is 24.7 Å². The van der Waals surface area contributed by atoms with Gasteiger partial charge in [-0.3, -0.25) is 9.59 Å². The van der Waals surface area contributed by atoms with Crippen molar-refractivity contribution in [3.63, 3.8) is 0 Å². The van der Waals surface area contributed by atoms with E-state index >= 15 is 0 Å². The molecule has 0 unspecified atom stereocenters. The molecule has 0 aliphatic rings. The van der Waals surface area contributed by atoms with E-state index in [4.69, 9.17) is 0 Å². The van der Waals surface area contributed by atoms with E-state index in [0.717, 1.165) is 0 Å². The second kappa shape index (κ2) is 6.88. The Bertz CT molecular complexity index is 401. The lowest BCUT2D eigenvalue weighted by Crippen LogP contribution is -2.17. The van der Waals surface area contributed by atoms with Crippen LogP contribution >= 0.6 is 0 Å². The largest absolute Gasteiger partial charge is 0.277 e. The van der Waals surface area contributed by atoms with E-state index in [0.29, 0.717) is 12.0 Å². The van der Waals surface area contributed by atoms with Gasteiger partial charge in [0.15, 0.2) is 0 Å². The van der Waals surface area contributed by atoms with E-state index in [1.54, 1.807) is 24.3 Å². The number of hydrogen-bond donors (Lipinski definition) is 2. The summed E-state index contributed by atoms with van der Waals surface area (Å²) in [5, 5.41) is 7.01. The highest BCUT2D eigenvalue weighted by Crippen LogP contribution is 1.96. The van der Waals surface area contributed by atoms with E-state index in [1.807, 2.05) is 6.07 Å². The van der Waals surface area contributed by atoms with Gasteiger partial charge in [-0.05, 0) is 12.1 Å². The van der Waals surface area contributed by atoms with Crippen LogP contribution in [0.15, 0.2) is 40.5 Å². The average molecular weight is 218 g/mol. The van der Waals surface area contributed by atoms with Gasteiger partial charge in [-0.2, -0.15) is 10.2 Å². The molecule has 0 bridgehead atoms. The van der Waals surface area contributed by atoms with Crippen molar-refractivity contribution in [1.29, 1.82) is 0 Å². The lowest BCUT2D eigenvalue weighted by atomic mass is 10.2. The minimum absolute atomic E-state index is 0.311. The van der Waals surface area contributed by atoms with Crippen molar-refractivity contribution in [2.24, 2.45) is 10.2 Å². The molecular weight excluding hydrogens is 208 g/mol. The Morgan fingerprint density at radius 2 is 1.81 bits per heavy atom. The summed E-state index contributed by atoms with van der Waals surface area (Å²) < 4.78 is 0. The summed E-state index contributed by atoms with van der Waals surface area (Å²) in [6, 6.07) is 8.68. The molecule has 82 valence electrons. The van der Waals surface area contributed by atoms with Gasteiger partial charge in [0.2, 0.25) is 6.41 Å². The first kappa shape index (κ1) is 11.6. The van der Waals surface area contributed by atoms with Gasteiger partial charge in [0.1, 0.15) is 0 Å². The molecule has 0 aliphatic heterocycles. The molecule has 0 saturated heterocycles. The molecule has 16 heavy (non-hydrogen) atoms. The van der Waals surface area contributed by atoms with Gasteiger partial charge >= 0.3 is 0 Å². The third-order valence-corrected chi connectivity index (χ3v) is 1.55. The number of rotatable bonds is 5. The summed E-state index contributed by atoms with van der Waals surface area (Å²) in [5.41, 5.74) is 4.87. The predicted octanol–water partition coefficient (Wildman–Crippen LogP) is 0.134. The topological polar surface area (TPSA) is 82.9 Å². The summed E-state index contributed by atoms with van der Waals surface area (Å²) in [4.78, 5) is 21.2. The molecule has 6 heteroatoms. The highest BCUT2D eigenvalue weighted by Gasteiger charge is 2.00. The van der Waals surface area contributed by atoms with Crippen molar-refractivity contribution in [2.45, 2.75) is 0 Å². The quantitative estimate of drug-likeness (QED) is 0.418. The maximum atomic E-state index is 11.4. The number of nitrogens with one attached hydrogen (secondary N) is 2. The first-order chi connectivity index (χ1) is 7.84. The number of nitrogens with zero attached hydrogens (tertiary/aromatic N) is 2. The molecule has 0 spiro atoms. The molecule has 0 heterocycles. The molecule has 0 aliphatic carbocycles. The van der Waals surface area contributed by atoms with Crippen LogP contribution in [0.3, 0.4) is 0 Å². The average Bonchev–Trinajstić information content (AvgIpc) is 2.34. The molecule has 6 nitrogen and oxygen atoms in total. The summed E-state index contributed by atoms with van der Waals surface area (Å²) in [6.45, 7) is 0. The maximum Gasteiger partial charge on any atom is 0.271 e. The third kappa shape index (κ3) is 4.14. The zero-order valence-corrected chi connectivity index (χ0v) is 8.33. The highest BCUT2D eigenvalue weighted by atomic mass is 16.2. The van der Waals surface area contributed by atoms with Gasteiger partial charge < -0.3 is 0 Å². The Hall–Kier alpha value is -2.50. The molecule has 0 atom stereocenters. The van der Waals surface area contributed by atoms with E-state index < -0.39 is 0 Å². The molecule has 0 aromatic heterocycles. The van der Waals surface area contributed by atoms with Gasteiger partial charge in [-0.25, -0.2) is 10.9 Å². The molecule has 1 aromatic rings. The Morgan fingerprint density at radius 1 is 1.12 bits per heavy atom. The Kier molecular flexibility index (Phi) is 4.98. The van der Waals surface area contributed by atoms with Crippen LogP contribution in [0.2, 0.25) is 0 Å². The van der Waals surface area contributed by atoms with Gasteiger partial charge in [-0.15, -0.1) is 0 Å². The molecule has 0 radical (unpaired) electrons. The number of carbonyl (C=O) groups excluding carboxylic acids is 2. The second-order valence-corrected chi connectivity index (χ2v) is 2.61. The Balaban J connectivity index is 2.39. The second-order valence-electron chi connectivity index (χ2n) is 2.61. The first-order valence-corrected chi connectivity index (χ1v) is 4.44. The van der Waals surface area contributed by atoms with Gasteiger partial charge in [0, 0.05) is 5.56 Å². The SMILES string of the molecule is O=CN/N=C\C=N\NC(=O)c1ccccc1. The maximum absolute atomic E-state index is 11.4. The number of hydrazone groups is 2. The normalized spacial score (nSPS) is 10.5. The molecule has 1 rings (SSSR count).